The number of aliphatic carboxylic acids is 1. The zero-order chi connectivity index (χ0) is 50.3. The van der Waals surface area contributed by atoms with E-state index in [1.807, 2.05) is 24.3 Å². The van der Waals surface area contributed by atoms with Gasteiger partial charge in [0.15, 0.2) is 6.10 Å². The predicted molar refractivity (Wildman–Crippen MR) is 275 cm³/mol. The average molecular weight is 997 g/mol. The molecule has 5 atom stereocenters. The number of allylic oxidation sites excluding steroid dienone is 7. The summed E-state index contributed by atoms with van der Waals surface area (Å²) in [7, 11) is -4.53. The zero-order valence-electron chi connectivity index (χ0n) is 42.0. The summed E-state index contributed by atoms with van der Waals surface area (Å²) in [5, 5.41) is 19.5. The summed E-state index contributed by atoms with van der Waals surface area (Å²) in [4.78, 5) is 46.9. The summed E-state index contributed by atoms with van der Waals surface area (Å²) in [6.07, 6.45) is 35.7. The summed E-state index contributed by atoms with van der Waals surface area (Å²) in [6, 6.07) is -1.14. The smallest absolute Gasteiger partial charge is 0.472 e. The highest BCUT2D eigenvalue weighted by molar-refractivity contribution is 8.00. The Morgan fingerprint density at radius 2 is 1.35 bits per heavy atom. The lowest BCUT2D eigenvalue weighted by molar-refractivity contribution is -0.161. The second kappa shape index (κ2) is 40.7. The predicted octanol–water partition coefficient (Wildman–Crippen LogP) is 11.3. The second-order valence-electron chi connectivity index (χ2n) is 17.5. The number of aryl methyl sites for hydroxylation is 2. The first kappa shape index (κ1) is 63.0. The minimum atomic E-state index is -4.53. The Balaban J connectivity index is 2.58. The van der Waals surface area contributed by atoms with Gasteiger partial charge in [0, 0.05) is 43.2 Å². The van der Waals surface area contributed by atoms with Crippen molar-refractivity contribution in [1.29, 1.82) is 0 Å². The van der Waals surface area contributed by atoms with E-state index in [9.17, 15) is 28.9 Å². The lowest BCUT2D eigenvalue weighted by atomic mass is 10.0. The van der Waals surface area contributed by atoms with Gasteiger partial charge < -0.3 is 40.5 Å². The number of furan rings is 1. The molecule has 1 unspecified atom stereocenters. The third-order valence-corrected chi connectivity index (χ3v) is 13.8. The van der Waals surface area contributed by atoms with Crippen LogP contribution in [0.3, 0.4) is 0 Å². The van der Waals surface area contributed by atoms with E-state index >= 15 is 0 Å². The summed E-state index contributed by atoms with van der Waals surface area (Å²) in [6.45, 7) is 7.44. The van der Waals surface area contributed by atoms with Gasteiger partial charge in [0.05, 0.1) is 19.3 Å². The fraction of sp³-hybridized carbons (Fsp3) is 0.712. The van der Waals surface area contributed by atoms with Crippen LogP contribution in [0.25, 0.3) is 0 Å². The molecule has 7 N–H and O–H groups in total. The number of aliphatic hydroxyl groups excluding tert-OH is 1. The number of esters is 2. The van der Waals surface area contributed by atoms with Crippen LogP contribution in [0, 0.1) is 13.8 Å². The number of phosphoric acid groups is 1. The number of nitrogens with two attached hydrogens (primary N) is 2. The molecule has 16 heteroatoms. The number of ether oxygens (including phenoxy) is 2. The van der Waals surface area contributed by atoms with Crippen LogP contribution in [0.1, 0.15) is 178 Å². The number of hydrogen-bond donors (Lipinski definition) is 5. The molecule has 0 amide bonds. The first-order valence-corrected chi connectivity index (χ1v) is 28.0. The number of carboxylic acids is 1. The first-order chi connectivity index (χ1) is 32.7. The number of thioether (sulfide) groups is 1. The van der Waals surface area contributed by atoms with E-state index in [1.165, 1.54) is 92.9 Å². The minimum absolute atomic E-state index is 0.0199. The van der Waals surface area contributed by atoms with Crippen molar-refractivity contribution in [2.45, 2.75) is 205 Å². The molecule has 1 rings (SSSR count). The van der Waals surface area contributed by atoms with Crippen LogP contribution in [0.15, 0.2) is 53.0 Å². The number of aliphatic hydroxyl groups is 1. The molecular formula is C52H89N2O12PS. The molecule has 1 aromatic heterocycles. The van der Waals surface area contributed by atoms with Crippen molar-refractivity contribution < 1.29 is 57.0 Å². The molecular weight excluding hydrogens is 908 g/mol. The standard InChI is InChI=1S/C52H89N2O12PS/c1-5-7-9-10-11-12-13-14-18-21-24-28-34-49(46(55)31-30-35-50(56)57)68-41-45(54)52(59)62-39-44(40-64-67(60,61)63-38-37-53)65-51(58)36-29-25-22-19-16-15-17-20-23-27-33-48-43(4)42(3)47(66-48)32-26-8-6-2/h11-12,14,18,21,24,28,34,44-46,49,55H,5-10,13,15-17,19-20,22-23,25-27,29-33,35-41,53-54H2,1-4H3,(H,56,57)(H,60,61)/b12-11-,18-14-,24-21+,34-28+/t44-,45+,46+,49-/m1/s1. The molecule has 0 aliphatic carbocycles. The summed E-state index contributed by atoms with van der Waals surface area (Å²) < 4.78 is 39.3. The number of carboxylic acid groups (broad SMARTS) is 1. The Morgan fingerprint density at radius 3 is 1.99 bits per heavy atom. The van der Waals surface area contributed by atoms with Crippen LogP contribution in [-0.4, -0.2) is 88.6 Å². The number of rotatable bonds is 44. The molecule has 0 spiro atoms. The molecule has 14 nitrogen and oxygen atoms in total. The summed E-state index contributed by atoms with van der Waals surface area (Å²) in [5.74, 6) is 0.0314. The normalized spacial score (nSPS) is 14.8. The molecule has 0 aliphatic heterocycles. The van der Waals surface area contributed by atoms with E-state index in [-0.39, 0.29) is 44.6 Å². The fourth-order valence-electron chi connectivity index (χ4n) is 7.20. The Kier molecular flexibility index (Phi) is 37.7. The number of hydrogen-bond acceptors (Lipinski definition) is 13. The zero-order valence-corrected chi connectivity index (χ0v) is 43.7. The van der Waals surface area contributed by atoms with Crippen molar-refractivity contribution in [3.63, 3.8) is 0 Å². The highest BCUT2D eigenvalue weighted by atomic mass is 32.2. The third-order valence-electron chi connectivity index (χ3n) is 11.4. The Bertz CT molecular complexity index is 1660. The fourth-order valence-corrected chi connectivity index (χ4v) is 9.09. The van der Waals surface area contributed by atoms with Gasteiger partial charge in [-0.15, -0.1) is 11.8 Å². The molecule has 0 fully saturated rings. The van der Waals surface area contributed by atoms with Gasteiger partial charge in [-0.2, -0.15) is 0 Å². The number of carbonyl (C=O) groups excluding carboxylic acids is 2. The molecule has 0 aliphatic rings. The first-order valence-electron chi connectivity index (χ1n) is 25.4. The molecule has 390 valence electrons. The van der Waals surface area contributed by atoms with E-state index in [1.54, 1.807) is 12.2 Å². The topological polar surface area (TPSA) is 231 Å². The molecule has 0 radical (unpaired) electrons. The summed E-state index contributed by atoms with van der Waals surface area (Å²) >= 11 is 1.22. The molecule has 1 aromatic rings. The SMILES string of the molecule is CCCCC/C=C\C\C=C/C=C/C=C/[C@@H](SC[C@H](N)C(=O)OC[C@H](COP(=O)(O)OCCN)OC(=O)CCCCCCCCCCCCc1oc(CCCCC)c(C)c1C)[C@@H](O)CCCC(=O)O. The van der Waals surface area contributed by atoms with Gasteiger partial charge in [-0.05, 0) is 76.3 Å². The van der Waals surface area contributed by atoms with Crippen LogP contribution in [0.5, 0.6) is 0 Å². The molecule has 0 bridgehead atoms. The van der Waals surface area contributed by atoms with Crippen LogP contribution >= 0.6 is 19.6 Å². The maximum atomic E-state index is 13.0. The molecule has 1 heterocycles. The highest BCUT2D eigenvalue weighted by Gasteiger charge is 2.28. The quantitative estimate of drug-likeness (QED) is 0.0135. The van der Waals surface area contributed by atoms with Crippen molar-refractivity contribution >= 4 is 37.5 Å². The molecule has 68 heavy (non-hydrogen) atoms. The van der Waals surface area contributed by atoms with Gasteiger partial charge in [0.25, 0.3) is 0 Å². The van der Waals surface area contributed by atoms with E-state index in [0.29, 0.717) is 6.42 Å². The van der Waals surface area contributed by atoms with E-state index in [2.05, 4.69) is 39.8 Å². The van der Waals surface area contributed by atoms with Crippen molar-refractivity contribution in [2.75, 3.05) is 32.1 Å². The Morgan fingerprint density at radius 1 is 0.750 bits per heavy atom. The Labute approximate surface area is 413 Å². The molecule has 0 saturated heterocycles. The second-order valence-corrected chi connectivity index (χ2v) is 20.1. The van der Waals surface area contributed by atoms with Crippen molar-refractivity contribution in [1.82, 2.24) is 0 Å². The van der Waals surface area contributed by atoms with Gasteiger partial charge >= 0.3 is 25.7 Å². The van der Waals surface area contributed by atoms with Crippen LogP contribution in [0.4, 0.5) is 0 Å². The van der Waals surface area contributed by atoms with Crippen LogP contribution < -0.4 is 11.5 Å². The van der Waals surface area contributed by atoms with Gasteiger partial charge in [-0.1, -0.05) is 140 Å². The molecule has 0 saturated carbocycles. The number of carbonyl (C=O) groups is 3. The third kappa shape index (κ3) is 32.7. The molecule has 0 aromatic carbocycles. The van der Waals surface area contributed by atoms with Gasteiger partial charge in [-0.25, -0.2) is 4.57 Å². The lowest BCUT2D eigenvalue weighted by Gasteiger charge is -2.22. The largest absolute Gasteiger partial charge is 0.481 e. The van der Waals surface area contributed by atoms with Crippen LogP contribution in [-0.2, 0) is 50.3 Å². The summed E-state index contributed by atoms with van der Waals surface area (Å²) in [5.41, 5.74) is 14.2. The van der Waals surface area contributed by atoms with Gasteiger partial charge in [0.1, 0.15) is 24.2 Å². The highest BCUT2D eigenvalue weighted by Crippen LogP contribution is 2.43. The van der Waals surface area contributed by atoms with Gasteiger partial charge in [-0.3, -0.25) is 23.4 Å². The lowest BCUT2D eigenvalue weighted by Crippen LogP contribution is -2.38. The minimum Gasteiger partial charge on any atom is -0.481 e. The van der Waals surface area contributed by atoms with Crippen LogP contribution in [0.2, 0.25) is 0 Å². The van der Waals surface area contributed by atoms with E-state index < -0.39 is 62.4 Å². The van der Waals surface area contributed by atoms with Crippen molar-refractivity contribution in [3.05, 3.63) is 71.3 Å². The maximum absolute atomic E-state index is 13.0. The maximum Gasteiger partial charge on any atom is 0.472 e. The number of phosphoric ester groups is 1. The number of unbranched alkanes of at least 4 members (excludes halogenated alkanes) is 14. The monoisotopic (exact) mass is 997 g/mol. The van der Waals surface area contributed by atoms with E-state index in [4.69, 9.17) is 39.5 Å². The average Bonchev–Trinajstić information content (AvgIpc) is 3.58. The van der Waals surface area contributed by atoms with Crippen molar-refractivity contribution in [2.24, 2.45) is 11.5 Å². The van der Waals surface area contributed by atoms with Gasteiger partial charge in [0.2, 0.25) is 0 Å². The Hall–Kier alpha value is -3.01. The van der Waals surface area contributed by atoms with E-state index in [0.717, 1.165) is 63.5 Å². The van der Waals surface area contributed by atoms with Crippen molar-refractivity contribution in [3.8, 4) is 0 Å².